The number of benzene rings is 1. The van der Waals surface area contributed by atoms with Gasteiger partial charge in [0.1, 0.15) is 24.6 Å². The molecule has 2 aromatic heterocycles. The summed E-state index contributed by atoms with van der Waals surface area (Å²) in [5.74, 6) is 0.201. The van der Waals surface area contributed by atoms with Gasteiger partial charge in [0.15, 0.2) is 0 Å². The van der Waals surface area contributed by atoms with E-state index >= 15 is 0 Å². The van der Waals surface area contributed by atoms with Gasteiger partial charge in [-0.3, -0.25) is 14.6 Å². The Bertz CT molecular complexity index is 1020. The molecule has 0 saturated carbocycles. The van der Waals surface area contributed by atoms with Gasteiger partial charge in [-0.25, -0.2) is 4.68 Å². The van der Waals surface area contributed by atoms with E-state index in [1.54, 1.807) is 42.6 Å². The minimum absolute atomic E-state index is 0.217. The Balaban J connectivity index is 1.71. The third-order valence-electron chi connectivity index (χ3n) is 4.04. The van der Waals surface area contributed by atoms with Crippen LogP contribution in [-0.2, 0) is 11.3 Å². The van der Waals surface area contributed by atoms with Crippen LogP contribution in [0.3, 0.4) is 0 Å². The first kappa shape index (κ1) is 20.2. The van der Waals surface area contributed by atoms with Crippen molar-refractivity contribution in [3.05, 3.63) is 71.1 Å². The first-order chi connectivity index (χ1) is 14.0. The Morgan fingerprint density at radius 3 is 2.62 bits per heavy atom. The Labute approximate surface area is 168 Å². The van der Waals surface area contributed by atoms with E-state index in [4.69, 9.17) is 4.74 Å². The normalized spacial score (nSPS) is 10.7. The maximum atomic E-state index is 12.5. The quantitative estimate of drug-likeness (QED) is 0.629. The van der Waals surface area contributed by atoms with Crippen LogP contribution in [0.1, 0.15) is 0 Å². The van der Waals surface area contributed by atoms with Gasteiger partial charge in [-0.2, -0.15) is 5.10 Å². The lowest BCUT2D eigenvalue weighted by atomic mass is 10.2. The summed E-state index contributed by atoms with van der Waals surface area (Å²) in [6, 6.07) is 15.6. The predicted octanol–water partition coefficient (Wildman–Crippen LogP) is 1.88. The van der Waals surface area contributed by atoms with Gasteiger partial charge in [-0.15, -0.1) is 0 Å². The topological polar surface area (TPSA) is 89.3 Å². The second-order valence-electron chi connectivity index (χ2n) is 6.63. The molecule has 0 fully saturated rings. The van der Waals surface area contributed by atoms with Crippen molar-refractivity contribution in [2.24, 2.45) is 0 Å². The minimum atomic E-state index is -0.374. The fourth-order valence-electron chi connectivity index (χ4n) is 2.57. The third-order valence-corrected chi connectivity index (χ3v) is 4.04. The maximum Gasteiger partial charge on any atom is 0.267 e. The van der Waals surface area contributed by atoms with Crippen molar-refractivity contribution in [2.45, 2.75) is 6.54 Å². The van der Waals surface area contributed by atoms with Gasteiger partial charge in [-0.05, 0) is 44.4 Å². The SMILES string of the molecule is CN(C)CCOc1ccccc1NC(=O)Cn1nc(-c2ccccn2)ccc1=O. The number of para-hydroxylation sites is 2. The highest BCUT2D eigenvalue weighted by molar-refractivity contribution is 5.92. The summed E-state index contributed by atoms with van der Waals surface area (Å²) in [4.78, 5) is 30.9. The predicted molar refractivity (Wildman–Crippen MR) is 111 cm³/mol. The molecule has 0 unspecified atom stereocenters. The lowest BCUT2D eigenvalue weighted by Crippen LogP contribution is -2.29. The number of rotatable bonds is 8. The minimum Gasteiger partial charge on any atom is -0.490 e. The molecule has 0 radical (unpaired) electrons. The molecule has 0 aliphatic carbocycles. The molecule has 3 rings (SSSR count). The molecule has 150 valence electrons. The lowest BCUT2D eigenvalue weighted by molar-refractivity contribution is -0.117. The molecular weight excluding hydrogens is 370 g/mol. The second kappa shape index (κ2) is 9.61. The molecule has 2 heterocycles. The van der Waals surface area contributed by atoms with E-state index in [-0.39, 0.29) is 18.0 Å². The first-order valence-electron chi connectivity index (χ1n) is 9.19. The average molecular weight is 393 g/mol. The van der Waals surface area contributed by atoms with E-state index in [0.717, 1.165) is 11.2 Å². The van der Waals surface area contributed by atoms with Crippen LogP contribution in [0.25, 0.3) is 11.4 Å². The molecule has 0 aliphatic rings. The van der Waals surface area contributed by atoms with E-state index in [9.17, 15) is 9.59 Å². The molecule has 0 bridgehead atoms. The van der Waals surface area contributed by atoms with E-state index in [1.165, 1.54) is 6.07 Å². The molecule has 1 aromatic carbocycles. The highest BCUT2D eigenvalue weighted by atomic mass is 16.5. The Kier molecular flexibility index (Phi) is 6.70. The van der Waals surface area contributed by atoms with Crippen molar-refractivity contribution in [2.75, 3.05) is 32.6 Å². The number of anilines is 1. The van der Waals surface area contributed by atoms with Crippen molar-refractivity contribution in [3.63, 3.8) is 0 Å². The number of carbonyl (C=O) groups excluding carboxylic acids is 1. The third kappa shape index (κ3) is 5.73. The Morgan fingerprint density at radius 1 is 1.07 bits per heavy atom. The van der Waals surface area contributed by atoms with Gasteiger partial charge in [0, 0.05) is 18.8 Å². The number of nitrogens with zero attached hydrogens (tertiary/aromatic N) is 4. The number of hydrogen-bond acceptors (Lipinski definition) is 6. The molecule has 0 spiro atoms. The number of likely N-dealkylation sites (N-methyl/N-ethyl adjacent to an activating group) is 1. The largest absolute Gasteiger partial charge is 0.490 e. The lowest BCUT2D eigenvalue weighted by Gasteiger charge is -2.14. The number of ether oxygens (including phenoxy) is 1. The fourth-order valence-corrected chi connectivity index (χ4v) is 2.57. The number of aromatic nitrogens is 3. The fraction of sp³-hybridized carbons (Fsp3) is 0.238. The zero-order valence-electron chi connectivity index (χ0n) is 16.4. The van der Waals surface area contributed by atoms with E-state index < -0.39 is 0 Å². The van der Waals surface area contributed by atoms with Crippen LogP contribution in [0.15, 0.2) is 65.6 Å². The van der Waals surface area contributed by atoms with Gasteiger partial charge in [0.25, 0.3) is 5.56 Å². The second-order valence-corrected chi connectivity index (χ2v) is 6.63. The van der Waals surface area contributed by atoms with Gasteiger partial charge < -0.3 is 15.0 Å². The van der Waals surface area contributed by atoms with Crippen LogP contribution in [-0.4, -0.2) is 52.8 Å². The van der Waals surface area contributed by atoms with Crippen molar-refractivity contribution in [1.82, 2.24) is 19.7 Å². The van der Waals surface area contributed by atoms with Crippen molar-refractivity contribution in [1.29, 1.82) is 0 Å². The van der Waals surface area contributed by atoms with E-state index in [0.29, 0.717) is 29.4 Å². The van der Waals surface area contributed by atoms with Crippen molar-refractivity contribution >= 4 is 11.6 Å². The Hall–Kier alpha value is -3.52. The van der Waals surface area contributed by atoms with Gasteiger partial charge >= 0.3 is 0 Å². The molecule has 0 saturated heterocycles. The molecule has 0 atom stereocenters. The molecule has 8 heteroatoms. The van der Waals surface area contributed by atoms with Crippen LogP contribution in [0, 0.1) is 0 Å². The number of amides is 1. The van der Waals surface area contributed by atoms with Crippen molar-refractivity contribution < 1.29 is 9.53 Å². The smallest absolute Gasteiger partial charge is 0.267 e. The summed E-state index contributed by atoms with van der Waals surface area (Å²) in [5, 5.41) is 7.05. The van der Waals surface area contributed by atoms with Gasteiger partial charge in [-0.1, -0.05) is 18.2 Å². The van der Waals surface area contributed by atoms with Crippen LogP contribution in [0.2, 0.25) is 0 Å². The molecular formula is C21H23N5O3. The summed E-state index contributed by atoms with van der Waals surface area (Å²) in [5.41, 5.74) is 1.33. The molecule has 29 heavy (non-hydrogen) atoms. The molecule has 1 N–H and O–H groups in total. The zero-order chi connectivity index (χ0) is 20.6. The van der Waals surface area contributed by atoms with Crippen LogP contribution in [0.5, 0.6) is 5.75 Å². The number of pyridine rings is 1. The summed E-state index contributed by atoms with van der Waals surface area (Å²) >= 11 is 0. The van der Waals surface area contributed by atoms with Crippen LogP contribution >= 0.6 is 0 Å². The number of nitrogens with one attached hydrogen (secondary N) is 1. The molecule has 8 nitrogen and oxygen atoms in total. The molecule has 3 aromatic rings. The van der Waals surface area contributed by atoms with Crippen LogP contribution in [0.4, 0.5) is 5.69 Å². The highest BCUT2D eigenvalue weighted by Gasteiger charge is 2.11. The average Bonchev–Trinajstić information content (AvgIpc) is 2.71. The molecule has 1 amide bonds. The summed E-state index contributed by atoms with van der Waals surface area (Å²) < 4.78 is 6.87. The van der Waals surface area contributed by atoms with Gasteiger partial charge in [0.2, 0.25) is 5.91 Å². The molecule has 0 aliphatic heterocycles. The monoisotopic (exact) mass is 393 g/mol. The number of hydrogen-bond donors (Lipinski definition) is 1. The summed E-state index contributed by atoms with van der Waals surface area (Å²) in [6.07, 6.45) is 1.65. The Morgan fingerprint density at radius 2 is 1.86 bits per heavy atom. The van der Waals surface area contributed by atoms with E-state index in [1.807, 2.05) is 31.1 Å². The van der Waals surface area contributed by atoms with Gasteiger partial charge in [0.05, 0.1) is 11.4 Å². The first-order valence-corrected chi connectivity index (χ1v) is 9.19. The van der Waals surface area contributed by atoms with Crippen molar-refractivity contribution in [3.8, 4) is 17.1 Å². The van der Waals surface area contributed by atoms with Crippen LogP contribution < -0.4 is 15.6 Å². The maximum absolute atomic E-state index is 12.5. The summed E-state index contributed by atoms with van der Waals surface area (Å²) in [6.45, 7) is 1.03. The summed E-state index contributed by atoms with van der Waals surface area (Å²) in [7, 11) is 3.92. The van der Waals surface area contributed by atoms with E-state index in [2.05, 4.69) is 15.4 Å². The standard InChI is InChI=1S/C21H23N5O3/c1-25(2)13-14-29-19-9-4-3-8-18(19)23-20(27)15-26-21(28)11-10-17(24-26)16-7-5-6-12-22-16/h3-12H,13-15H2,1-2H3,(H,23,27). The highest BCUT2D eigenvalue weighted by Crippen LogP contribution is 2.23. The zero-order valence-corrected chi connectivity index (χ0v) is 16.4. The number of carbonyl (C=O) groups is 1.